The van der Waals surface area contributed by atoms with Crippen molar-refractivity contribution in [2.24, 2.45) is 23.2 Å². The van der Waals surface area contributed by atoms with Gasteiger partial charge in [-0.3, -0.25) is 9.59 Å². The van der Waals surface area contributed by atoms with E-state index in [0.29, 0.717) is 12.3 Å². The molecule has 2 aliphatic rings. The number of carbonyl (C=O) groups excluding carboxylic acids is 1. The highest BCUT2D eigenvalue weighted by atomic mass is 16.4. The Labute approximate surface area is 121 Å². The molecule has 4 nitrogen and oxygen atoms in total. The Balaban J connectivity index is 2.02. The number of nitrogens with zero attached hydrogens (tertiary/aromatic N) is 1. The standard InChI is InChI=1S/C16H27NO3/c1-16(2,3)11-8-9-17(10-11)14(18)12-6-4-5-7-13(12)15(19)20/h11-13H,4-10H2,1-3H3,(H,19,20). The molecule has 1 aliphatic heterocycles. The minimum absolute atomic E-state index is 0.0869. The Morgan fingerprint density at radius 1 is 1.05 bits per heavy atom. The molecule has 0 aromatic heterocycles. The smallest absolute Gasteiger partial charge is 0.307 e. The van der Waals surface area contributed by atoms with Gasteiger partial charge in [0.05, 0.1) is 11.8 Å². The number of likely N-dealkylation sites (tertiary alicyclic amines) is 1. The highest BCUT2D eigenvalue weighted by molar-refractivity contribution is 5.85. The van der Waals surface area contributed by atoms with Crippen LogP contribution in [0.5, 0.6) is 0 Å². The van der Waals surface area contributed by atoms with Crippen molar-refractivity contribution in [1.29, 1.82) is 0 Å². The topological polar surface area (TPSA) is 57.6 Å². The predicted molar refractivity (Wildman–Crippen MR) is 77.2 cm³/mol. The average Bonchev–Trinajstić information content (AvgIpc) is 2.87. The molecule has 0 bridgehead atoms. The van der Waals surface area contributed by atoms with Crippen LogP contribution in [0.25, 0.3) is 0 Å². The summed E-state index contributed by atoms with van der Waals surface area (Å²) < 4.78 is 0. The van der Waals surface area contributed by atoms with Crippen molar-refractivity contribution in [2.75, 3.05) is 13.1 Å². The molecule has 114 valence electrons. The third-order valence-corrected chi connectivity index (χ3v) is 5.13. The summed E-state index contributed by atoms with van der Waals surface area (Å²) >= 11 is 0. The zero-order chi connectivity index (χ0) is 14.9. The molecular weight excluding hydrogens is 254 g/mol. The van der Waals surface area contributed by atoms with Crippen LogP contribution in [0, 0.1) is 23.2 Å². The van der Waals surface area contributed by atoms with Crippen molar-refractivity contribution in [1.82, 2.24) is 4.90 Å². The zero-order valence-corrected chi connectivity index (χ0v) is 12.9. The van der Waals surface area contributed by atoms with Crippen LogP contribution >= 0.6 is 0 Å². The van der Waals surface area contributed by atoms with Crippen LogP contribution in [0.1, 0.15) is 52.9 Å². The highest BCUT2D eigenvalue weighted by Gasteiger charge is 2.41. The number of carbonyl (C=O) groups is 2. The van der Waals surface area contributed by atoms with Crippen LogP contribution in [0.2, 0.25) is 0 Å². The van der Waals surface area contributed by atoms with Gasteiger partial charge in [-0.1, -0.05) is 33.6 Å². The van der Waals surface area contributed by atoms with E-state index in [4.69, 9.17) is 0 Å². The minimum Gasteiger partial charge on any atom is -0.481 e. The molecule has 4 heteroatoms. The van der Waals surface area contributed by atoms with Crippen molar-refractivity contribution in [2.45, 2.75) is 52.9 Å². The second-order valence-corrected chi connectivity index (χ2v) is 7.47. The molecule has 2 fully saturated rings. The summed E-state index contributed by atoms with van der Waals surface area (Å²) in [4.78, 5) is 25.9. The van der Waals surface area contributed by atoms with Gasteiger partial charge in [0.25, 0.3) is 0 Å². The van der Waals surface area contributed by atoms with Crippen LogP contribution in [0.4, 0.5) is 0 Å². The Hall–Kier alpha value is -1.06. The summed E-state index contributed by atoms with van der Waals surface area (Å²) in [6.45, 7) is 8.24. The Bertz CT molecular complexity index is 386. The number of hydrogen-bond donors (Lipinski definition) is 1. The molecule has 3 unspecified atom stereocenters. The SMILES string of the molecule is CC(C)(C)C1CCN(C(=O)C2CCCCC2C(=O)O)C1. The van der Waals surface area contributed by atoms with Gasteiger partial charge in [0.15, 0.2) is 0 Å². The van der Waals surface area contributed by atoms with E-state index < -0.39 is 11.9 Å². The number of carboxylic acid groups (broad SMARTS) is 1. The van der Waals surface area contributed by atoms with Crippen LogP contribution in [-0.2, 0) is 9.59 Å². The van der Waals surface area contributed by atoms with Gasteiger partial charge in [-0.15, -0.1) is 0 Å². The van der Waals surface area contributed by atoms with E-state index in [0.717, 1.165) is 38.8 Å². The first-order valence-corrected chi connectivity index (χ1v) is 7.82. The first-order valence-electron chi connectivity index (χ1n) is 7.82. The molecule has 1 saturated heterocycles. The van der Waals surface area contributed by atoms with Crippen LogP contribution in [-0.4, -0.2) is 35.0 Å². The van der Waals surface area contributed by atoms with Gasteiger partial charge in [-0.05, 0) is 30.6 Å². The first kappa shape index (κ1) is 15.3. The molecule has 1 saturated carbocycles. The number of aliphatic carboxylic acids is 1. The lowest BCUT2D eigenvalue weighted by atomic mass is 9.78. The summed E-state index contributed by atoms with van der Waals surface area (Å²) in [6, 6.07) is 0. The maximum absolute atomic E-state index is 12.7. The fourth-order valence-electron chi connectivity index (χ4n) is 3.62. The van der Waals surface area contributed by atoms with Gasteiger partial charge >= 0.3 is 5.97 Å². The normalized spacial score (nSPS) is 31.4. The molecule has 3 atom stereocenters. The molecular formula is C16H27NO3. The van der Waals surface area contributed by atoms with E-state index in [1.807, 2.05) is 4.90 Å². The van der Waals surface area contributed by atoms with Crippen LogP contribution in [0.15, 0.2) is 0 Å². The molecule has 0 aromatic carbocycles. The Morgan fingerprint density at radius 2 is 1.65 bits per heavy atom. The van der Waals surface area contributed by atoms with E-state index in [9.17, 15) is 14.7 Å². The van der Waals surface area contributed by atoms with E-state index in [1.165, 1.54) is 0 Å². The van der Waals surface area contributed by atoms with Crippen molar-refractivity contribution in [3.05, 3.63) is 0 Å². The maximum Gasteiger partial charge on any atom is 0.307 e. The Kier molecular flexibility index (Phi) is 4.40. The lowest BCUT2D eigenvalue weighted by Crippen LogP contribution is -2.42. The van der Waals surface area contributed by atoms with E-state index >= 15 is 0 Å². The quantitative estimate of drug-likeness (QED) is 0.846. The predicted octanol–water partition coefficient (Wildman–Crippen LogP) is 2.77. The molecule has 0 radical (unpaired) electrons. The molecule has 1 amide bonds. The molecule has 2 rings (SSSR count). The molecule has 0 aromatic rings. The highest BCUT2D eigenvalue weighted by Crippen LogP contribution is 2.37. The molecule has 1 N–H and O–H groups in total. The van der Waals surface area contributed by atoms with E-state index in [2.05, 4.69) is 20.8 Å². The van der Waals surface area contributed by atoms with Crippen molar-refractivity contribution < 1.29 is 14.7 Å². The van der Waals surface area contributed by atoms with E-state index in [-0.39, 0.29) is 17.2 Å². The van der Waals surface area contributed by atoms with Crippen molar-refractivity contribution in [3.8, 4) is 0 Å². The minimum atomic E-state index is -0.797. The summed E-state index contributed by atoms with van der Waals surface area (Å²) in [5.41, 5.74) is 0.216. The summed E-state index contributed by atoms with van der Waals surface area (Å²) in [5.74, 6) is -0.943. The van der Waals surface area contributed by atoms with Gasteiger partial charge in [0.1, 0.15) is 0 Å². The van der Waals surface area contributed by atoms with Crippen LogP contribution in [0.3, 0.4) is 0 Å². The lowest BCUT2D eigenvalue weighted by molar-refractivity contribution is -0.152. The van der Waals surface area contributed by atoms with Crippen molar-refractivity contribution >= 4 is 11.9 Å². The van der Waals surface area contributed by atoms with Gasteiger partial charge in [0, 0.05) is 13.1 Å². The largest absolute Gasteiger partial charge is 0.481 e. The second-order valence-electron chi connectivity index (χ2n) is 7.47. The summed E-state index contributed by atoms with van der Waals surface area (Å²) in [7, 11) is 0. The summed E-state index contributed by atoms with van der Waals surface area (Å²) in [6.07, 6.45) is 4.36. The lowest BCUT2D eigenvalue weighted by Gasteiger charge is -2.32. The van der Waals surface area contributed by atoms with Crippen molar-refractivity contribution in [3.63, 3.8) is 0 Å². The van der Waals surface area contributed by atoms with Crippen LogP contribution < -0.4 is 0 Å². The third-order valence-electron chi connectivity index (χ3n) is 5.13. The molecule has 1 aliphatic carbocycles. The second kappa shape index (κ2) is 5.74. The number of rotatable bonds is 2. The number of carboxylic acids is 1. The average molecular weight is 281 g/mol. The maximum atomic E-state index is 12.7. The van der Waals surface area contributed by atoms with Gasteiger partial charge in [0.2, 0.25) is 5.91 Å². The molecule has 0 spiro atoms. The Morgan fingerprint density at radius 3 is 2.15 bits per heavy atom. The summed E-state index contributed by atoms with van der Waals surface area (Å²) in [5, 5.41) is 9.31. The third kappa shape index (κ3) is 3.15. The molecule has 20 heavy (non-hydrogen) atoms. The first-order chi connectivity index (χ1) is 9.30. The van der Waals surface area contributed by atoms with E-state index in [1.54, 1.807) is 0 Å². The van der Waals surface area contributed by atoms with Gasteiger partial charge in [-0.25, -0.2) is 0 Å². The fourth-order valence-corrected chi connectivity index (χ4v) is 3.62. The monoisotopic (exact) mass is 281 g/mol. The number of amides is 1. The number of hydrogen-bond acceptors (Lipinski definition) is 2. The zero-order valence-electron chi connectivity index (χ0n) is 12.9. The van der Waals surface area contributed by atoms with Gasteiger partial charge < -0.3 is 10.0 Å². The fraction of sp³-hybridized carbons (Fsp3) is 0.875. The van der Waals surface area contributed by atoms with Gasteiger partial charge in [-0.2, -0.15) is 0 Å². The molecule has 1 heterocycles.